The molecule has 50 valence electrons. The van der Waals surface area contributed by atoms with Crippen LogP contribution in [0.5, 0.6) is 5.75 Å². The monoisotopic (exact) mass is 135 g/mol. The molecule has 1 aromatic rings. The van der Waals surface area contributed by atoms with E-state index in [1.54, 1.807) is 0 Å². The molecule has 0 aliphatic carbocycles. The molecule has 1 aromatic heterocycles. The molecule has 0 atom stereocenters. The highest BCUT2D eigenvalue weighted by molar-refractivity contribution is 5.27. The SMILES string of the molecule is [C-]#[N+]c1ncc(OC)cn1. The first-order valence-electron chi connectivity index (χ1n) is 2.60. The van der Waals surface area contributed by atoms with E-state index in [0.717, 1.165) is 0 Å². The molecule has 0 radical (unpaired) electrons. The largest absolute Gasteiger partial charge is 0.491 e. The summed E-state index contributed by atoms with van der Waals surface area (Å²) in [6, 6.07) is 0. The Labute approximate surface area is 58.3 Å². The molecular formula is C6H5N3O. The van der Waals surface area contributed by atoms with Gasteiger partial charge in [-0.2, -0.15) is 9.97 Å². The summed E-state index contributed by atoms with van der Waals surface area (Å²) >= 11 is 0. The standard InChI is InChI=1S/C6H5N3O/c1-7-6-8-3-5(10-2)4-9-6/h3-4H,2H3. The molecule has 0 spiro atoms. The Morgan fingerprint density at radius 3 is 2.50 bits per heavy atom. The summed E-state index contributed by atoms with van der Waals surface area (Å²) in [4.78, 5) is 10.4. The molecule has 0 saturated heterocycles. The van der Waals surface area contributed by atoms with E-state index < -0.39 is 0 Å². The third-order valence-electron chi connectivity index (χ3n) is 0.950. The minimum absolute atomic E-state index is 0.140. The Morgan fingerprint density at radius 2 is 2.10 bits per heavy atom. The van der Waals surface area contributed by atoms with Crippen LogP contribution in [0.1, 0.15) is 0 Å². The minimum Gasteiger partial charge on any atom is -0.491 e. The van der Waals surface area contributed by atoms with E-state index in [-0.39, 0.29) is 5.95 Å². The fourth-order valence-electron chi connectivity index (χ4n) is 0.473. The van der Waals surface area contributed by atoms with Gasteiger partial charge in [0.05, 0.1) is 7.11 Å². The van der Waals surface area contributed by atoms with E-state index in [1.165, 1.54) is 19.5 Å². The average Bonchev–Trinajstić information content (AvgIpc) is 2.05. The van der Waals surface area contributed by atoms with Crippen LogP contribution in [0, 0.1) is 6.57 Å². The quantitative estimate of drug-likeness (QED) is 0.540. The van der Waals surface area contributed by atoms with E-state index in [9.17, 15) is 0 Å². The Balaban J connectivity index is 2.93. The van der Waals surface area contributed by atoms with E-state index in [4.69, 9.17) is 11.3 Å². The van der Waals surface area contributed by atoms with Crippen LogP contribution in [0.2, 0.25) is 0 Å². The molecule has 4 heteroatoms. The normalized spacial score (nSPS) is 8.40. The second kappa shape index (κ2) is 2.78. The van der Waals surface area contributed by atoms with Crippen molar-refractivity contribution in [3.05, 3.63) is 23.8 Å². The molecule has 0 aliphatic heterocycles. The molecule has 0 aromatic carbocycles. The molecule has 10 heavy (non-hydrogen) atoms. The summed E-state index contributed by atoms with van der Waals surface area (Å²) in [6.45, 7) is 6.53. The van der Waals surface area contributed by atoms with Crippen molar-refractivity contribution in [3.8, 4) is 5.75 Å². The highest BCUT2D eigenvalue weighted by Crippen LogP contribution is 2.08. The summed E-state index contributed by atoms with van der Waals surface area (Å²) < 4.78 is 4.79. The zero-order valence-corrected chi connectivity index (χ0v) is 5.40. The molecule has 0 N–H and O–H groups in total. The second-order valence-corrected chi connectivity index (χ2v) is 1.53. The van der Waals surface area contributed by atoms with Crippen LogP contribution in [0.3, 0.4) is 0 Å². The lowest BCUT2D eigenvalue weighted by Gasteiger charge is -1.92. The van der Waals surface area contributed by atoms with Crippen LogP contribution in [-0.4, -0.2) is 17.1 Å². The number of hydrogen-bond acceptors (Lipinski definition) is 3. The summed E-state index contributed by atoms with van der Waals surface area (Å²) in [5, 5.41) is 0. The Morgan fingerprint density at radius 1 is 1.50 bits per heavy atom. The second-order valence-electron chi connectivity index (χ2n) is 1.53. The van der Waals surface area contributed by atoms with Crippen molar-refractivity contribution in [3.63, 3.8) is 0 Å². The van der Waals surface area contributed by atoms with Gasteiger partial charge in [0, 0.05) is 0 Å². The van der Waals surface area contributed by atoms with Crippen molar-refractivity contribution in [2.75, 3.05) is 7.11 Å². The fraction of sp³-hybridized carbons (Fsp3) is 0.167. The van der Waals surface area contributed by atoms with E-state index in [1.807, 2.05) is 0 Å². The van der Waals surface area contributed by atoms with Gasteiger partial charge in [0.25, 0.3) is 0 Å². The van der Waals surface area contributed by atoms with Crippen molar-refractivity contribution in [2.45, 2.75) is 0 Å². The summed E-state index contributed by atoms with van der Waals surface area (Å²) in [7, 11) is 1.52. The maximum Gasteiger partial charge on any atom is 0.371 e. The summed E-state index contributed by atoms with van der Waals surface area (Å²) in [5.41, 5.74) is 0. The molecule has 0 amide bonds. The number of nitrogens with zero attached hydrogens (tertiary/aromatic N) is 3. The molecule has 0 saturated carbocycles. The fourth-order valence-corrected chi connectivity index (χ4v) is 0.473. The molecule has 4 nitrogen and oxygen atoms in total. The van der Waals surface area contributed by atoms with Gasteiger partial charge < -0.3 is 9.58 Å². The third kappa shape index (κ3) is 1.20. The number of methoxy groups -OCH3 is 1. The lowest BCUT2D eigenvalue weighted by molar-refractivity contribution is 0.411. The van der Waals surface area contributed by atoms with Gasteiger partial charge in [-0.15, -0.1) is 6.57 Å². The maximum absolute atomic E-state index is 6.53. The maximum atomic E-state index is 6.53. The highest BCUT2D eigenvalue weighted by atomic mass is 16.5. The van der Waals surface area contributed by atoms with E-state index >= 15 is 0 Å². The summed E-state index contributed by atoms with van der Waals surface area (Å²) in [6.07, 6.45) is 2.92. The van der Waals surface area contributed by atoms with Crippen LogP contribution < -0.4 is 4.74 Å². The Kier molecular flexibility index (Phi) is 1.80. The molecule has 0 unspecified atom stereocenters. The van der Waals surface area contributed by atoms with Gasteiger partial charge >= 0.3 is 5.95 Å². The van der Waals surface area contributed by atoms with Gasteiger partial charge in [-0.3, -0.25) is 0 Å². The third-order valence-corrected chi connectivity index (χ3v) is 0.950. The smallest absolute Gasteiger partial charge is 0.371 e. The number of rotatable bonds is 1. The molecule has 0 aliphatic rings. The zero-order chi connectivity index (χ0) is 7.40. The first-order chi connectivity index (χ1) is 4.86. The zero-order valence-electron chi connectivity index (χ0n) is 5.40. The predicted molar refractivity (Wildman–Crippen MR) is 34.8 cm³/mol. The lowest BCUT2D eigenvalue weighted by Crippen LogP contribution is -1.84. The van der Waals surface area contributed by atoms with Crippen molar-refractivity contribution < 1.29 is 4.74 Å². The number of ether oxygens (including phenoxy) is 1. The van der Waals surface area contributed by atoms with Crippen molar-refractivity contribution in [1.82, 2.24) is 9.97 Å². The lowest BCUT2D eigenvalue weighted by atomic mass is 10.6. The predicted octanol–water partition coefficient (Wildman–Crippen LogP) is 1.04. The van der Waals surface area contributed by atoms with Crippen molar-refractivity contribution >= 4 is 5.95 Å². The van der Waals surface area contributed by atoms with Gasteiger partial charge in [0.2, 0.25) is 0 Å². The van der Waals surface area contributed by atoms with Crippen LogP contribution in [0.25, 0.3) is 4.85 Å². The van der Waals surface area contributed by atoms with Gasteiger partial charge in [-0.05, 0) is 0 Å². The Bertz CT molecular complexity index is 249. The first-order valence-corrected chi connectivity index (χ1v) is 2.60. The average molecular weight is 135 g/mol. The topological polar surface area (TPSA) is 39.4 Å². The molecular weight excluding hydrogens is 130 g/mol. The number of aromatic nitrogens is 2. The van der Waals surface area contributed by atoms with Gasteiger partial charge in [0.15, 0.2) is 5.75 Å². The van der Waals surface area contributed by atoms with Gasteiger partial charge in [0.1, 0.15) is 12.4 Å². The minimum atomic E-state index is 0.140. The molecule has 0 bridgehead atoms. The van der Waals surface area contributed by atoms with E-state index in [2.05, 4.69) is 14.8 Å². The molecule has 0 fully saturated rings. The van der Waals surface area contributed by atoms with Crippen molar-refractivity contribution in [2.24, 2.45) is 0 Å². The molecule has 1 rings (SSSR count). The van der Waals surface area contributed by atoms with Gasteiger partial charge in [-0.1, -0.05) is 0 Å². The van der Waals surface area contributed by atoms with Crippen LogP contribution >= 0.6 is 0 Å². The Hall–Kier alpha value is -1.63. The number of hydrogen-bond donors (Lipinski definition) is 0. The summed E-state index contributed by atoms with van der Waals surface area (Å²) in [5.74, 6) is 0.702. The van der Waals surface area contributed by atoms with Crippen molar-refractivity contribution in [1.29, 1.82) is 0 Å². The van der Waals surface area contributed by atoms with Crippen LogP contribution in [0.15, 0.2) is 12.4 Å². The van der Waals surface area contributed by atoms with E-state index in [0.29, 0.717) is 5.75 Å². The molecule has 1 heterocycles. The highest BCUT2D eigenvalue weighted by Gasteiger charge is 1.95. The van der Waals surface area contributed by atoms with Crippen LogP contribution in [0.4, 0.5) is 5.95 Å². The first kappa shape index (κ1) is 6.49. The van der Waals surface area contributed by atoms with Crippen LogP contribution in [-0.2, 0) is 0 Å². The van der Waals surface area contributed by atoms with Gasteiger partial charge in [-0.25, -0.2) is 0 Å².